The van der Waals surface area contributed by atoms with Gasteiger partial charge in [0.05, 0.1) is 11.5 Å². The molecule has 2 aromatic rings. The van der Waals surface area contributed by atoms with Gasteiger partial charge in [-0.25, -0.2) is 8.42 Å². The SMILES string of the molecule is CCn1c(SC2CCS(=O)(=O)C2)nnc1-c1ccn(C)n1. The predicted molar refractivity (Wildman–Crippen MR) is 80.8 cm³/mol. The average molecular weight is 327 g/mol. The minimum Gasteiger partial charge on any atom is -0.301 e. The van der Waals surface area contributed by atoms with Gasteiger partial charge in [0.15, 0.2) is 20.8 Å². The van der Waals surface area contributed by atoms with Crippen molar-refractivity contribution >= 4 is 21.6 Å². The van der Waals surface area contributed by atoms with Crippen LogP contribution in [-0.4, -0.2) is 49.7 Å². The summed E-state index contributed by atoms with van der Waals surface area (Å²) in [6, 6.07) is 1.89. The molecule has 1 fully saturated rings. The molecule has 3 heterocycles. The molecule has 114 valence electrons. The summed E-state index contributed by atoms with van der Waals surface area (Å²) in [5, 5.41) is 13.6. The summed E-state index contributed by atoms with van der Waals surface area (Å²) in [5.41, 5.74) is 0.776. The lowest BCUT2D eigenvalue weighted by atomic mass is 10.4. The maximum atomic E-state index is 11.5. The van der Waals surface area contributed by atoms with Crippen LogP contribution in [0.4, 0.5) is 0 Å². The number of aryl methyl sites for hydroxylation is 1. The highest BCUT2D eigenvalue weighted by atomic mass is 32.2. The number of rotatable bonds is 4. The van der Waals surface area contributed by atoms with E-state index in [0.29, 0.717) is 6.42 Å². The van der Waals surface area contributed by atoms with E-state index in [1.165, 1.54) is 11.8 Å². The number of nitrogens with zero attached hydrogens (tertiary/aromatic N) is 5. The molecule has 7 nitrogen and oxygen atoms in total. The Morgan fingerprint density at radius 3 is 2.81 bits per heavy atom. The van der Waals surface area contributed by atoms with Gasteiger partial charge in [0, 0.05) is 25.0 Å². The second-order valence-corrected chi connectivity index (χ2v) is 8.56. The number of hydrogen-bond acceptors (Lipinski definition) is 6. The molecule has 0 aliphatic carbocycles. The first-order valence-corrected chi connectivity index (χ1v) is 9.49. The Morgan fingerprint density at radius 2 is 2.24 bits per heavy atom. The highest BCUT2D eigenvalue weighted by Gasteiger charge is 2.30. The molecule has 21 heavy (non-hydrogen) atoms. The number of hydrogen-bond donors (Lipinski definition) is 0. The van der Waals surface area contributed by atoms with Crippen LogP contribution in [0.25, 0.3) is 11.5 Å². The molecule has 0 amide bonds. The van der Waals surface area contributed by atoms with Crippen LogP contribution >= 0.6 is 11.8 Å². The van der Waals surface area contributed by atoms with Crippen molar-refractivity contribution in [2.24, 2.45) is 7.05 Å². The van der Waals surface area contributed by atoms with Crippen LogP contribution in [-0.2, 0) is 23.4 Å². The second kappa shape index (κ2) is 5.45. The molecule has 0 N–H and O–H groups in total. The lowest BCUT2D eigenvalue weighted by Gasteiger charge is -2.08. The molecule has 1 atom stereocenters. The topological polar surface area (TPSA) is 82.7 Å². The van der Waals surface area contributed by atoms with E-state index in [2.05, 4.69) is 15.3 Å². The van der Waals surface area contributed by atoms with Crippen molar-refractivity contribution in [2.75, 3.05) is 11.5 Å². The van der Waals surface area contributed by atoms with E-state index in [1.54, 1.807) is 4.68 Å². The quantitative estimate of drug-likeness (QED) is 0.832. The van der Waals surface area contributed by atoms with Crippen molar-refractivity contribution in [3.63, 3.8) is 0 Å². The normalized spacial score (nSPS) is 21.0. The summed E-state index contributed by atoms with van der Waals surface area (Å²) in [5.74, 6) is 1.23. The van der Waals surface area contributed by atoms with Crippen molar-refractivity contribution in [3.05, 3.63) is 12.3 Å². The number of sulfone groups is 1. The van der Waals surface area contributed by atoms with Crippen molar-refractivity contribution < 1.29 is 8.42 Å². The van der Waals surface area contributed by atoms with Crippen molar-refractivity contribution in [1.29, 1.82) is 0 Å². The molecule has 2 aromatic heterocycles. The summed E-state index contributed by atoms with van der Waals surface area (Å²) in [7, 11) is -1.01. The molecule has 0 bridgehead atoms. The van der Waals surface area contributed by atoms with Crippen LogP contribution < -0.4 is 0 Å². The van der Waals surface area contributed by atoms with E-state index in [0.717, 1.165) is 23.2 Å². The van der Waals surface area contributed by atoms with Crippen LogP contribution in [0.15, 0.2) is 17.4 Å². The summed E-state index contributed by atoms with van der Waals surface area (Å²) < 4.78 is 26.8. The van der Waals surface area contributed by atoms with Crippen molar-refractivity contribution in [3.8, 4) is 11.5 Å². The van der Waals surface area contributed by atoms with Gasteiger partial charge in [-0.05, 0) is 19.4 Å². The Kier molecular flexibility index (Phi) is 3.78. The van der Waals surface area contributed by atoms with Crippen LogP contribution in [0.2, 0.25) is 0 Å². The van der Waals surface area contributed by atoms with Gasteiger partial charge in [-0.15, -0.1) is 10.2 Å². The van der Waals surface area contributed by atoms with Crippen molar-refractivity contribution in [2.45, 2.75) is 30.3 Å². The Labute approximate surface area is 127 Å². The standard InChI is InChI=1S/C12H17N5O2S2/c1-3-17-11(10-4-6-16(2)15-10)13-14-12(17)20-9-5-7-21(18,19)8-9/h4,6,9H,3,5,7-8H2,1-2H3. The first-order valence-electron chi connectivity index (χ1n) is 6.79. The van der Waals surface area contributed by atoms with Crippen molar-refractivity contribution in [1.82, 2.24) is 24.5 Å². The van der Waals surface area contributed by atoms with Crippen LogP contribution in [0.1, 0.15) is 13.3 Å². The van der Waals surface area contributed by atoms with E-state index >= 15 is 0 Å². The lowest BCUT2D eigenvalue weighted by Crippen LogP contribution is -2.08. The van der Waals surface area contributed by atoms with Gasteiger partial charge in [0.25, 0.3) is 0 Å². The van der Waals surface area contributed by atoms with E-state index in [9.17, 15) is 8.42 Å². The monoisotopic (exact) mass is 327 g/mol. The average Bonchev–Trinajstić information content (AvgIpc) is 3.09. The van der Waals surface area contributed by atoms with Gasteiger partial charge in [-0.1, -0.05) is 11.8 Å². The zero-order valence-electron chi connectivity index (χ0n) is 11.9. The van der Waals surface area contributed by atoms with Gasteiger partial charge in [-0.2, -0.15) is 5.10 Å². The smallest absolute Gasteiger partial charge is 0.191 e. The molecular formula is C12H17N5O2S2. The number of aromatic nitrogens is 5. The molecule has 1 aliphatic rings. The van der Waals surface area contributed by atoms with E-state index < -0.39 is 9.84 Å². The Bertz CT molecular complexity index is 750. The fourth-order valence-corrected chi connectivity index (χ4v) is 5.94. The third-order valence-electron chi connectivity index (χ3n) is 3.44. The third kappa shape index (κ3) is 2.98. The van der Waals surface area contributed by atoms with Crippen LogP contribution in [0.3, 0.4) is 0 Å². The zero-order chi connectivity index (χ0) is 15.0. The molecule has 3 rings (SSSR count). The molecule has 1 saturated heterocycles. The Balaban J connectivity index is 1.85. The molecule has 9 heteroatoms. The van der Waals surface area contributed by atoms with Gasteiger partial charge in [-0.3, -0.25) is 4.68 Å². The predicted octanol–water partition coefficient (Wildman–Crippen LogP) is 0.978. The zero-order valence-corrected chi connectivity index (χ0v) is 13.6. The minimum absolute atomic E-state index is 0.0704. The summed E-state index contributed by atoms with van der Waals surface area (Å²) in [6.07, 6.45) is 2.54. The van der Waals surface area contributed by atoms with Gasteiger partial charge >= 0.3 is 0 Å². The molecule has 1 aliphatic heterocycles. The summed E-state index contributed by atoms with van der Waals surface area (Å²) >= 11 is 1.50. The maximum absolute atomic E-state index is 11.5. The number of thioether (sulfide) groups is 1. The first-order chi connectivity index (χ1) is 9.98. The first kappa shape index (κ1) is 14.6. The highest BCUT2D eigenvalue weighted by Crippen LogP contribution is 2.31. The Hall–Kier alpha value is -1.35. The van der Waals surface area contributed by atoms with E-state index in [4.69, 9.17) is 0 Å². The minimum atomic E-state index is -2.87. The fourth-order valence-electron chi connectivity index (χ4n) is 2.39. The second-order valence-electron chi connectivity index (χ2n) is 5.07. The molecular weight excluding hydrogens is 310 g/mol. The summed E-state index contributed by atoms with van der Waals surface area (Å²) in [4.78, 5) is 0. The Morgan fingerprint density at radius 1 is 1.43 bits per heavy atom. The van der Waals surface area contributed by atoms with Gasteiger partial charge < -0.3 is 4.57 Å². The third-order valence-corrected chi connectivity index (χ3v) is 6.67. The van der Waals surface area contributed by atoms with E-state index in [-0.39, 0.29) is 16.8 Å². The molecule has 0 aromatic carbocycles. The van der Waals surface area contributed by atoms with Gasteiger partial charge in [0.2, 0.25) is 0 Å². The van der Waals surface area contributed by atoms with Crippen LogP contribution in [0, 0.1) is 0 Å². The van der Waals surface area contributed by atoms with E-state index in [1.807, 2.05) is 30.8 Å². The maximum Gasteiger partial charge on any atom is 0.191 e. The fraction of sp³-hybridized carbons (Fsp3) is 0.583. The molecule has 0 saturated carbocycles. The largest absolute Gasteiger partial charge is 0.301 e. The van der Waals surface area contributed by atoms with Gasteiger partial charge in [0.1, 0.15) is 5.69 Å². The van der Waals surface area contributed by atoms with Crippen LogP contribution in [0.5, 0.6) is 0 Å². The molecule has 0 spiro atoms. The highest BCUT2D eigenvalue weighted by molar-refractivity contribution is 8.01. The molecule has 0 radical (unpaired) electrons. The molecule has 1 unspecified atom stereocenters. The summed E-state index contributed by atoms with van der Waals surface area (Å²) in [6.45, 7) is 2.74. The lowest BCUT2D eigenvalue weighted by molar-refractivity contribution is 0.602.